The third-order valence-electron chi connectivity index (χ3n) is 1.97. The second-order valence-electron chi connectivity index (χ2n) is 3.22. The molecule has 0 atom stereocenters. The van der Waals surface area contributed by atoms with Crippen molar-refractivity contribution in [2.24, 2.45) is 0 Å². The molecule has 1 amide bonds. The normalized spacial score (nSPS) is 10.3. The van der Waals surface area contributed by atoms with Gasteiger partial charge in [-0.2, -0.15) is 0 Å². The van der Waals surface area contributed by atoms with E-state index in [0.29, 0.717) is 5.69 Å². The lowest BCUT2D eigenvalue weighted by molar-refractivity contribution is 0.0892. The Bertz CT molecular complexity index is 382. The van der Waals surface area contributed by atoms with Gasteiger partial charge in [0.1, 0.15) is 0 Å². The molecule has 0 aliphatic rings. The van der Waals surface area contributed by atoms with Gasteiger partial charge in [-0.25, -0.2) is 8.78 Å². The Morgan fingerprint density at radius 1 is 1.56 bits per heavy atom. The lowest BCUT2D eigenvalue weighted by atomic mass is 10.2. The molecule has 0 aliphatic heterocycles. The zero-order valence-corrected chi connectivity index (χ0v) is 9.05. The molecule has 0 bridgehead atoms. The summed E-state index contributed by atoms with van der Waals surface area (Å²) >= 11 is 0. The summed E-state index contributed by atoms with van der Waals surface area (Å²) in [5.74, 6) is -0.558. The highest BCUT2D eigenvalue weighted by atomic mass is 19.3. The Morgan fingerprint density at radius 3 is 2.81 bits per heavy atom. The standard InChI is InChI=1S/C10H13F2N3O/c1-6-3-8(13-2)7(4-14-6)10(16)15-5-9(11)12/h3-4,9H,5H2,1-2H3,(H,13,14)(H,15,16). The van der Waals surface area contributed by atoms with Crippen molar-refractivity contribution in [1.29, 1.82) is 0 Å². The molecule has 2 N–H and O–H groups in total. The van der Waals surface area contributed by atoms with E-state index >= 15 is 0 Å². The molecule has 0 aromatic carbocycles. The Labute approximate surface area is 92.1 Å². The second-order valence-corrected chi connectivity index (χ2v) is 3.22. The van der Waals surface area contributed by atoms with Crippen molar-refractivity contribution in [2.75, 3.05) is 18.9 Å². The highest BCUT2D eigenvalue weighted by Crippen LogP contribution is 2.14. The monoisotopic (exact) mass is 229 g/mol. The van der Waals surface area contributed by atoms with Crippen LogP contribution in [0.15, 0.2) is 12.3 Å². The third-order valence-corrected chi connectivity index (χ3v) is 1.97. The molecule has 0 saturated heterocycles. The van der Waals surface area contributed by atoms with Gasteiger partial charge >= 0.3 is 0 Å². The first-order valence-electron chi connectivity index (χ1n) is 4.75. The van der Waals surface area contributed by atoms with Crippen molar-refractivity contribution in [3.63, 3.8) is 0 Å². The van der Waals surface area contributed by atoms with Crippen LogP contribution >= 0.6 is 0 Å². The Morgan fingerprint density at radius 2 is 2.25 bits per heavy atom. The van der Waals surface area contributed by atoms with Crippen LogP contribution in [0, 0.1) is 6.92 Å². The van der Waals surface area contributed by atoms with Crippen LogP contribution in [0.2, 0.25) is 0 Å². The van der Waals surface area contributed by atoms with E-state index in [1.165, 1.54) is 6.20 Å². The van der Waals surface area contributed by atoms with Gasteiger partial charge in [-0.15, -0.1) is 0 Å². The average Bonchev–Trinajstić information content (AvgIpc) is 2.25. The minimum absolute atomic E-state index is 0.258. The molecule has 1 rings (SSSR count). The summed E-state index contributed by atoms with van der Waals surface area (Å²) in [4.78, 5) is 15.5. The summed E-state index contributed by atoms with van der Waals surface area (Å²) in [6.07, 6.45) is -1.19. The molecule has 1 aromatic heterocycles. The Balaban J connectivity index is 2.82. The summed E-state index contributed by atoms with van der Waals surface area (Å²) in [7, 11) is 1.65. The van der Waals surface area contributed by atoms with Gasteiger partial charge in [0.05, 0.1) is 17.8 Å². The quantitative estimate of drug-likeness (QED) is 0.821. The maximum Gasteiger partial charge on any atom is 0.255 e. The van der Waals surface area contributed by atoms with Gasteiger partial charge in [-0.3, -0.25) is 9.78 Å². The fourth-order valence-electron chi connectivity index (χ4n) is 1.21. The van der Waals surface area contributed by atoms with E-state index in [9.17, 15) is 13.6 Å². The number of carbonyl (C=O) groups is 1. The van der Waals surface area contributed by atoms with Crippen LogP contribution in [0.1, 0.15) is 16.1 Å². The topological polar surface area (TPSA) is 54.0 Å². The lowest BCUT2D eigenvalue weighted by Crippen LogP contribution is -2.29. The number of alkyl halides is 2. The van der Waals surface area contributed by atoms with Crippen molar-refractivity contribution in [3.05, 3.63) is 23.5 Å². The molecule has 0 unspecified atom stereocenters. The molecule has 88 valence electrons. The van der Waals surface area contributed by atoms with Gasteiger partial charge < -0.3 is 10.6 Å². The van der Waals surface area contributed by atoms with Crippen LogP contribution in [0.25, 0.3) is 0 Å². The van der Waals surface area contributed by atoms with E-state index in [2.05, 4.69) is 15.6 Å². The second kappa shape index (κ2) is 5.39. The number of anilines is 1. The van der Waals surface area contributed by atoms with E-state index in [0.717, 1.165) is 5.69 Å². The number of aryl methyl sites for hydroxylation is 1. The van der Waals surface area contributed by atoms with E-state index < -0.39 is 18.9 Å². The number of nitrogens with zero attached hydrogens (tertiary/aromatic N) is 1. The lowest BCUT2D eigenvalue weighted by Gasteiger charge is -2.09. The fraction of sp³-hybridized carbons (Fsp3) is 0.400. The highest BCUT2D eigenvalue weighted by Gasteiger charge is 2.13. The Kier molecular flexibility index (Phi) is 4.16. The van der Waals surface area contributed by atoms with Gasteiger partial charge in [-0.05, 0) is 13.0 Å². The first-order valence-corrected chi connectivity index (χ1v) is 4.75. The van der Waals surface area contributed by atoms with Gasteiger partial charge in [0.25, 0.3) is 12.3 Å². The van der Waals surface area contributed by atoms with E-state index in [1.807, 2.05) is 0 Å². The molecule has 1 heterocycles. The van der Waals surface area contributed by atoms with Gasteiger partial charge in [0.15, 0.2) is 0 Å². The van der Waals surface area contributed by atoms with Crippen LogP contribution in [0.3, 0.4) is 0 Å². The molecular formula is C10H13F2N3O. The predicted octanol–water partition coefficient (Wildman–Crippen LogP) is 1.43. The molecule has 0 fully saturated rings. The molecular weight excluding hydrogens is 216 g/mol. The van der Waals surface area contributed by atoms with Gasteiger partial charge in [-0.1, -0.05) is 0 Å². The van der Waals surface area contributed by atoms with Gasteiger partial charge in [0.2, 0.25) is 0 Å². The summed E-state index contributed by atoms with van der Waals surface area (Å²) in [6, 6.07) is 1.68. The minimum Gasteiger partial charge on any atom is -0.387 e. The smallest absolute Gasteiger partial charge is 0.255 e. The predicted molar refractivity (Wildman–Crippen MR) is 56.9 cm³/mol. The number of rotatable bonds is 4. The van der Waals surface area contributed by atoms with E-state index in [4.69, 9.17) is 0 Å². The van der Waals surface area contributed by atoms with Crippen LogP contribution in [0.4, 0.5) is 14.5 Å². The highest BCUT2D eigenvalue weighted by molar-refractivity contribution is 5.99. The first kappa shape index (κ1) is 12.4. The first-order chi connectivity index (χ1) is 7.54. The zero-order chi connectivity index (χ0) is 12.1. The van der Waals surface area contributed by atoms with Crippen LogP contribution in [-0.2, 0) is 0 Å². The maximum absolute atomic E-state index is 11.9. The minimum atomic E-state index is -2.56. The van der Waals surface area contributed by atoms with Gasteiger partial charge in [0, 0.05) is 18.9 Å². The van der Waals surface area contributed by atoms with Crippen molar-refractivity contribution in [2.45, 2.75) is 13.3 Å². The summed E-state index contributed by atoms with van der Waals surface area (Å²) in [6.45, 7) is 1.12. The number of nitrogens with one attached hydrogen (secondary N) is 2. The van der Waals surface area contributed by atoms with Crippen LogP contribution < -0.4 is 10.6 Å². The number of amides is 1. The maximum atomic E-state index is 11.9. The average molecular weight is 229 g/mol. The summed E-state index contributed by atoms with van der Waals surface area (Å²) in [5.41, 5.74) is 1.57. The number of hydrogen-bond acceptors (Lipinski definition) is 3. The van der Waals surface area contributed by atoms with Crippen molar-refractivity contribution < 1.29 is 13.6 Å². The molecule has 16 heavy (non-hydrogen) atoms. The van der Waals surface area contributed by atoms with Crippen molar-refractivity contribution in [3.8, 4) is 0 Å². The largest absolute Gasteiger partial charge is 0.387 e. The molecule has 0 saturated carbocycles. The molecule has 0 aliphatic carbocycles. The molecule has 6 heteroatoms. The number of aromatic nitrogens is 1. The van der Waals surface area contributed by atoms with E-state index in [1.54, 1.807) is 20.0 Å². The molecule has 0 spiro atoms. The molecule has 0 radical (unpaired) electrons. The summed E-state index contributed by atoms with van der Waals surface area (Å²) in [5, 5.41) is 4.94. The Hall–Kier alpha value is -1.72. The van der Waals surface area contributed by atoms with Crippen LogP contribution in [0.5, 0.6) is 0 Å². The van der Waals surface area contributed by atoms with E-state index in [-0.39, 0.29) is 5.56 Å². The number of carbonyl (C=O) groups excluding carboxylic acids is 1. The number of pyridine rings is 1. The van der Waals surface area contributed by atoms with Crippen molar-refractivity contribution in [1.82, 2.24) is 10.3 Å². The van der Waals surface area contributed by atoms with Crippen LogP contribution in [-0.4, -0.2) is 30.9 Å². The fourth-order valence-corrected chi connectivity index (χ4v) is 1.21. The number of halogens is 2. The molecule has 4 nitrogen and oxygen atoms in total. The number of hydrogen-bond donors (Lipinski definition) is 2. The SMILES string of the molecule is CNc1cc(C)ncc1C(=O)NCC(F)F. The summed E-state index contributed by atoms with van der Waals surface area (Å²) < 4.78 is 23.8. The molecule has 1 aromatic rings. The van der Waals surface area contributed by atoms with Crippen molar-refractivity contribution >= 4 is 11.6 Å². The zero-order valence-electron chi connectivity index (χ0n) is 9.05. The third kappa shape index (κ3) is 3.15.